The molecule has 0 spiro atoms. The van der Waals surface area contributed by atoms with Crippen molar-refractivity contribution in [2.45, 2.75) is 25.4 Å². The van der Waals surface area contributed by atoms with Gasteiger partial charge in [-0.05, 0) is 36.8 Å². The van der Waals surface area contributed by atoms with Crippen LogP contribution in [-0.2, 0) is 13.0 Å². The zero-order chi connectivity index (χ0) is 21.1. The van der Waals surface area contributed by atoms with Crippen LogP contribution in [0.4, 0.5) is 8.78 Å². The first-order valence-corrected chi connectivity index (χ1v) is 9.58. The zero-order valence-corrected chi connectivity index (χ0v) is 16.2. The maximum absolute atomic E-state index is 13.5. The van der Waals surface area contributed by atoms with E-state index in [1.54, 1.807) is 23.0 Å². The first-order valence-electron chi connectivity index (χ1n) is 9.58. The van der Waals surface area contributed by atoms with E-state index in [0.717, 1.165) is 16.5 Å². The number of aliphatic hydroxyl groups is 1. The van der Waals surface area contributed by atoms with Gasteiger partial charge in [-0.25, -0.2) is 18.4 Å². The molecule has 6 nitrogen and oxygen atoms in total. The molecule has 0 bridgehead atoms. The number of pyridine rings is 2. The average Bonchev–Trinajstić information content (AvgIpc) is 3.21. The number of aryl methyl sites for hydroxylation is 1. The maximum atomic E-state index is 13.5. The number of benzene rings is 1. The van der Waals surface area contributed by atoms with Crippen LogP contribution in [0, 0.1) is 0 Å². The fraction of sp³-hybridized carbons (Fsp3) is 0.227. The minimum Gasteiger partial charge on any atom is -0.390 e. The summed E-state index contributed by atoms with van der Waals surface area (Å²) in [5, 5.41) is 14.7. The number of hydrogen-bond donors (Lipinski definition) is 2. The van der Waals surface area contributed by atoms with Crippen LogP contribution >= 0.6 is 0 Å². The van der Waals surface area contributed by atoms with E-state index in [9.17, 15) is 13.9 Å². The van der Waals surface area contributed by atoms with Crippen LogP contribution in [0.3, 0.4) is 0 Å². The third-order valence-corrected chi connectivity index (χ3v) is 4.89. The molecule has 4 aromatic rings. The van der Waals surface area contributed by atoms with E-state index < -0.39 is 12.5 Å². The Labute approximate surface area is 172 Å². The summed E-state index contributed by atoms with van der Waals surface area (Å²) in [6, 6.07) is 16.6. The summed E-state index contributed by atoms with van der Waals surface area (Å²) in [4.78, 5) is 8.96. The third kappa shape index (κ3) is 4.19. The Hall–Kier alpha value is -3.23. The smallest absolute Gasteiger partial charge is 0.260 e. The van der Waals surface area contributed by atoms with Crippen molar-refractivity contribution in [1.29, 1.82) is 0 Å². The van der Waals surface area contributed by atoms with Gasteiger partial charge in [-0.1, -0.05) is 24.3 Å². The molecular formula is C22H21F2N5O. The highest BCUT2D eigenvalue weighted by molar-refractivity contribution is 5.84. The summed E-state index contributed by atoms with van der Waals surface area (Å²) in [6.45, 7) is -0.822. The number of fused-ring (bicyclic) bond motifs is 1. The van der Waals surface area contributed by atoms with Crippen LogP contribution in [0.5, 0.6) is 0 Å². The molecule has 0 atom stereocenters. The summed E-state index contributed by atoms with van der Waals surface area (Å²) < 4.78 is 28.7. The lowest BCUT2D eigenvalue weighted by atomic mass is 10.1. The van der Waals surface area contributed by atoms with Crippen molar-refractivity contribution >= 4 is 10.9 Å². The second-order valence-corrected chi connectivity index (χ2v) is 7.05. The second-order valence-electron chi connectivity index (χ2n) is 7.05. The summed E-state index contributed by atoms with van der Waals surface area (Å²) in [5.41, 5.74) is 8.62. The molecule has 0 saturated carbocycles. The quantitative estimate of drug-likeness (QED) is 0.488. The Morgan fingerprint density at radius 3 is 2.60 bits per heavy atom. The summed E-state index contributed by atoms with van der Waals surface area (Å²) in [6.07, 6.45) is 1.56. The molecule has 3 N–H and O–H groups in total. The molecule has 0 aliphatic rings. The highest BCUT2D eigenvalue weighted by Crippen LogP contribution is 2.26. The Morgan fingerprint density at radius 2 is 1.80 bits per heavy atom. The number of aliphatic hydroxyl groups excluding tert-OH is 1. The molecule has 0 aliphatic heterocycles. The Kier molecular flexibility index (Phi) is 5.52. The molecule has 154 valence electrons. The SMILES string of the molecule is NCC(F)(F)CCc1cccc(-c2ccc3cnn(-c4cccc(CO)n4)c3c2)n1. The van der Waals surface area contributed by atoms with Gasteiger partial charge in [-0.15, -0.1) is 0 Å². The van der Waals surface area contributed by atoms with Crippen LogP contribution in [0.25, 0.3) is 28.0 Å². The van der Waals surface area contributed by atoms with E-state index in [4.69, 9.17) is 5.73 Å². The molecule has 0 radical (unpaired) electrons. The Bertz CT molecular complexity index is 1180. The van der Waals surface area contributed by atoms with Gasteiger partial charge in [0, 0.05) is 23.1 Å². The lowest BCUT2D eigenvalue weighted by Crippen LogP contribution is -2.28. The van der Waals surface area contributed by atoms with Crippen molar-refractivity contribution in [3.63, 3.8) is 0 Å². The Balaban J connectivity index is 1.68. The number of hydrogen-bond acceptors (Lipinski definition) is 5. The van der Waals surface area contributed by atoms with E-state index in [-0.39, 0.29) is 19.4 Å². The topological polar surface area (TPSA) is 89.8 Å². The molecule has 3 heterocycles. The number of nitrogens with zero attached hydrogens (tertiary/aromatic N) is 4. The molecule has 0 fully saturated rings. The zero-order valence-electron chi connectivity index (χ0n) is 16.2. The maximum Gasteiger partial charge on any atom is 0.260 e. The van der Waals surface area contributed by atoms with Crippen molar-refractivity contribution < 1.29 is 13.9 Å². The van der Waals surface area contributed by atoms with Gasteiger partial charge in [0.15, 0.2) is 5.82 Å². The van der Waals surface area contributed by atoms with Crippen LogP contribution in [0.1, 0.15) is 17.8 Å². The first-order chi connectivity index (χ1) is 14.5. The molecule has 0 unspecified atom stereocenters. The van der Waals surface area contributed by atoms with Gasteiger partial charge in [0.05, 0.1) is 36.3 Å². The molecule has 30 heavy (non-hydrogen) atoms. The van der Waals surface area contributed by atoms with E-state index in [1.807, 2.05) is 42.5 Å². The predicted molar refractivity (Wildman–Crippen MR) is 110 cm³/mol. The number of rotatable bonds is 7. The van der Waals surface area contributed by atoms with E-state index in [0.29, 0.717) is 22.9 Å². The predicted octanol–water partition coefficient (Wildman–Crippen LogP) is 3.50. The van der Waals surface area contributed by atoms with Gasteiger partial charge in [-0.2, -0.15) is 5.10 Å². The van der Waals surface area contributed by atoms with E-state index >= 15 is 0 Å². The normalized spacial score (nSPS) is 11.9. The standard InChI is InChI=1S/C22H21F2N5O/c23-22(24,14-25)10-9-17-3-1-5-19(27-17)15-7-8-16-12-26-29(20(16)11-15)21-6-2-4-18(13-30)28-21/h1-8,11-12,30H,9-10,13-14,25H2. The van der Waals surface area contributed by atoms with Gasteiger partial charge in [0.1, 0.15) is 0 Å². The molecular weight excluding hydrogens is 388 g/mol. The summed E-state index contributed by atoms with van der Waals surface area (Å²) in [7, 11) is 0. The van der Waals surface area contributed by atoms with E-state index in [2.05, 4.69) is 15.1 Å². The number of nitrogens with two attached hydrogens (primary N) is 1. The molecule has 8 heteroatoms. The molecule has 0 amide bonds. The minimum atomic E-state index is -2.89. The Morgan fingerprint density at radius 1 is 1.00 bits per heavy atom. The fourth-order valence-electron chi connectivity index (χ4n) is 3.23. The van der Waals surface area contributed by atoms with Crippen LogP contribution in [-0.4, -0.2) is 37.3 Å². The van der Waals surface area contributed by atoms with Crippen LogP contribution in [0.2, 0.25) is 0 Å². The molecule has 0 aliphatic carbocycles. The minimum absolute atomic E-state index is 0.149. The second kappa shape index (κ2) is 8.25. The van der Waals surface area contributed by atoms with Crippen molar-refractivity contribution in [1.82, 2.24) is 19.7 Å². The molecule has 4 rings (SSSR count). The molecule has 1 aromatic carbocycles. The van der Waals surface area contributed by atoms with Crippen molar-refractivity contribution in [3.8, 4) is 17.1 Å². The van der Waals surface area contributed by atoms with Crippen LogP contribution < -0.4 is 5.73 Å². The first kappa shape index (κ1) is 20.1. The third-order valence-electron chi connectivity index (χ3n) is 4.89. The summed E-state index contributed by atoms with van der Waals surface area (Å²) >= 11 is 0. The number of aromatic nitrogens is 4. The molecule has 0 saturated heterocycles. The largest absolute Gasteiger partial charge is 0.390 e. The van der Waals surface area contributed by atoms with Crippen LogP contribution in [0.15, 0.2) is 60.8 Å². The monoisotopic (exact) mass is 409 g/mol. The van der Waals surface area contributed by atoms with Crippen molar-refractivity contribution in [2.75, 3.05) is 6.54 Å². The highest BCUT2D eigenvalue weighted by atomic mass is 19.3. The van der Waals surface area contributed by atoms with Gasteiger partial charge in [0.2, 0.25) is 0 Å². The van der Waals surface area contributed by atoms with Gasteiger partial charge in [-0.3, -0.25) is 4.98 Å². The van der Waals surface area contributed by atoms with Gasteiger partial charge < -0.3 is 10.8 Å². The van der Waals surface area contributed by atoms with Gasteiger partial charge >= 0.3 is 0 Å². The molecule has 3 aromatic heterocycles. The highest BCUT2D eigenvalue weighted by Gasteiger charge is 2.26. The fourth-order valence-corrected chi connectivity index (χ4v) is 3.23. The average molecular weight is 409 g/mol. The lowest BCUT2D eigenvalue weighted by Gasteiger charge is -2.13. The van der Waals surface area contributed by atoms with Crippen molar-refractivity contribution in [2.24, 2.45) is 5.73 Å². The van der Waals surface area contributed by atoms with Gasteiger partial charge in [0.25, 0.3) is 5.92 Å². The summed E-state index contributed by atoms with van der Waals surface area (Å²) in [5.74, 6) is -2.29. The number of alkyl halides is 2. The van der Waals surface area contributed by atoms with E-state index in [1.165, 1.54) is 0 Å². The number of halogens is 2. The van der Waals surface area contributed by atoms with Crippen molar-refractivity contribution in [3.05, 3.63) is 72.2 Å². The lowest BCUT2D eigenvalue weighted by molar-refractivity contribution is 0.00224.